The Morgan fingerprint density at radius 3 is 2.46 bits per heavy atom. The molecule has 0 aliphatic rings. The molecular formula is C28H27ClN4O2. The first kappa shape index (κ1) is 23.0. The van der Waals surface area contributed by atoms with Crippen LogP contribution >= 0.6 is 11.6 Å². The molecule has 0 saturated carbocycles. The summed E-state index contributed by atoms with van der Waals surface area (Å²) in [5.41, 5.74) is 4.77. The fourth-order valence-corrected chi connectivity index (χ4v) is 4.48. The van der Waals surface area contributed by atoms with Crippen LogP contribution in [0.1, 0.15) is 12.8 Å². The number of ether oxygens (including phenoxy) is 2. The van der Waals surface area contributed by atoms with Crippen molar-refractivity contribution in [1.29, 1.82) is 0 Å². The first-order valence-corrected chi connectivity index (χ1v) is 12.0. The van der Waals surface area contributed by atoms with E-state index in [4.69, 9.17) is 26.1 Å². The fraction of sp³-hybridized carbons (Fsp3) is 0.214. The van der Waals surface area contributed by atoms with E-state index in [0.717, 1.165) is 81.5 Å². The lowest BCUT2D eigenvalue weighted by Crippen LogP contribution is -2.08. The molecule has 2 aromatic heterocycles. The Morgan fingerprint density at radius 2 is 1.63 bits per heavy atom. The molecule has 0 fully saturated rings. The van der Waals surface area contributed by atoms with Crippen LogP contribution in [0.3, 0.4) is 0 Å². The number of nitrogens with zero attached hydrogens (tertiary/aromatic N) is 2. The van der Waals surface area contributed by atoms with Gasteiger partial charge in [-0.05, 0) is 61.4 Å². The molecule has 0 bridgehead atoms. The van der Waals surface area contributed by atoms with Gasteiger partial charge in [0.2, 0.25) is 0 Å². The molecule has 3 aromatic carbocycles. The molecule has 35 heavy (non-hydrogen) atoms. The number of nitrogens with one attached hydrogen (secondary N) is 2. The Labute approximate surface area is 209 Å². The summed E-state index contributed by atoms with van der Waals surface area (Å²) in [6.07, 6.45) is 3.80. The van der Waals surface area contributed by atoms with Gasteiger partial charge in [-0.25, -0.2) is 4.98 Å². The number of anilines is 2. The molecule has 0 atom stereocenters. The molecule has 5 aromatic rings. The van der Waals surface area contributed by atoms with Gasteiger partial charge in [-0.1, -0.05) is 17.7 Å². The standard InChI is InChI=1S/C28H27ClN4O2/c1-34-20-8-10-24-23(16-20)28(22-9-7-19(29)15-25(22)33-24)32-12-4-3-11-30-26-17-21(35-2)14-18-6-5-13-31-27(18)26/h5-10,13-17,30H,3-4,11-12H2,1-2H3,(H,32,33). The number of methoxy groups -OCH3 is 2. The molecule has 6 nitrogen and oxygen atoms in total. The van der Waals surface area contributed by atoms with E-state index in [-0.39, 0.29) is 0 Å². The minimum Gasteiger partial charge on any atom is -0.497 e. The third-order valence-electron chi connectivity index (χ3n) is 6.08. The van der Waals surface area contributed by atoms with E-state index < -0.39 is 0 Å². The highest BCUT2D eigenvalue weighted by molar-refractivity contribution is 6.31. The van der Waals surface area contributed by atoms with Gasteiger partial charge >= 0.3 is 0 Å². The molecule has 2 N–H and O–H groups in total. The Kier molecular flexibility index (Phi) is 6.73. The van der Waals surface area contributed by atoms with Gasteiger partial charge in [0.15, 0.2) is 0 Å². The van der Waals surface area contributed by atoms with Gasteiger partial charge in [0, 0.05) is 46.5 Å². The van der Waals surface area contributed by atoms with Gasteiger partial charge in [0.25, 0.3) is 0 Å². The zero-order chi connectivity index (χ0) is 24.2. The second kappa shape index (κ2) is 10.2. The van der Waals surface area contributed by atoms with Crippen LogP contribution in [0.2, 0.25) is 5.02 Å². The maximum absolute atomic E-state index is 6.24. The number of unbranched alkanes of at least 4 members (excludes halogenated alkanes) is 1. The molecule has 5 rings (SSSR count). The molecule has 0 amide bonds. The van der Waals surface area contributed by atoms with Crippen molar-refractivity contribution in [2.75, 3.05) is 37.9 Å². The molecule has 0 radical (unpaired) electrons. The van der Waals surface area contributed by atoms with Crippen LogP contribution in [-0.4, -0.2) is 37.3 Å². The molecule has 0 saturated heterocycles. The van der Waals surface area contributed by atoms with Crippen molar-refractivity contribution in [1.82, 2.24) is 9.97 Å². The van der Waals surface area contributed by atoms with E-state index in [1.165, 1.54) is 0 Å². The van der Waals surface area contributed by atoms with Gasteiger partial charge in [-0.15, -0.1) is 0 Å². The second-order valence-corrected chi connectivity index (χ2v) is 8.78. The lowest BCUT2D eigenvalue weighted by Gasteiger charge is -2.15. The summed E-state index contributed by atoms with van der Waals surface area (Å²) in [5.74, 6) is 1.63. The normalized spacial score (nSPS) is 11.2. The maximum Gasteiger partial charge on any atom is 0.121 e. The summed E-state index contributed by atoms with van der Waals surface area (Å²) in [6, 6.07) is 19.8. The van der Waals surface area contributed by atoms with Crippen molar-refractivity contribution in [2.24, 2.45) is 0 Å². The number of rotatable bonds is 9. The molecule has 0 spiro atoms. The Balaban J connectivity index is 1.28. The van der Waals surface area contributed by atoms with Crippen molar-refractivity contribution >= 4 is 55.7 Å². The molecule has 0 aliphatic heterocycles. The number of aromatic nitrogens is 2. The lowest BCUT2D eigenvalue weighted by molar-refractivity contribution is 0.415. The number of hydrogen-bond donors (Lipinski definition) is 2. The molecule has 0 unspecified atom stereocenters. The minimum absolute atomic E-state index is 0.675. The monoisotopic (exact) mass is 486 g/mol. The summed E-state index contributed by atoms with van der Waals surface area (Å²) < 4.78 is 10.9. The van der Waals surface area contributed by atoms with Gasteiger partial charge in [0.05, 0.1) is 42.1 Å². The average molecular weight is 487 g/mol. The SMILES string of the molecule is COc1cc(NCCCCNc2c3ccc(Cl)cc3nc3ccc(OC)cc23)c2ncccc2c1. The van der Waals surface area contributed by atoms with Crippen LogP contribution in [-0.2, 0) is 0 Å². The lowest BCUT2D eigenvalue weighted by atomic mass is 10.1. The predicted octanol–water partition coefficient (Wildman–Crippen LogP) is 6.91. The van der Waals surface area contributed by atoms with Crippen molar-refractivity contribution in [2.45, 2.75) is 12.8 Å². The van der Waals surface area contributed by atoms with Crippen LogP contribution in [0, 0.1) is 0 Å². The highest BCUT2D eigenvalue weighted by Crippen LogP contribution is 2.34. The topological polar surface area (TPSA) is 68.3 Å². The van der Waals surface area contributed by atoms with E-state index in [0.29, 0.717) is 5.02 Å². The summed E-state index contributed by atoms with van der Waals surface area (Å²) in [7, 11) is 3.36. The van der Waals surface area contributed by atoms with Crippen molar-refractivity contribution < 1.29 is 9.47 Å². The quantitative estimate of drug-likeness (QED) is 0.174. The zero-order valence-electron chi connectivity index (χ0n) is 19.8. The van der Waals surface area contributed by atoms with E-state index in [2.05, 4.69) is 15.6 Å². The number of hydrogen-bond acceptors (Lipinski definition) is 6. The Hall–Kier alpha value is -3.77. The summed E-state index contributed by atoms with van der Waals surface area (Å²) in [4.78, 5) is 9.33. The number of pyridine rings is 2. The molecule has 7 heteroatoms. The van der Waals surface area contributed by atoms with Crippen LogP contribution in [0.5, 0.6) is 11.5 Å². The average Bonchev–Trinajstić information content (AvgIpc) is 2.89. The van der Waals surface area contributed by atoms with Gasteiger partial charge in [-0.3, -0.25) is 4.98 Å². The number of fused-ring (bicyclic) bond motifs is 3. The van der Waals surface area contributed by atoms with Crippen molar-refractivity contribution in [3.05, 3.63) is 71.9 Å². The van der Waals surface area contributed by atoms with Gasteiger partial charge < -0.3 is 20.1 Å². The van der Waals surface area contributed by atoms with E-state index >= 15 is 0 Å². The first-order chi connectivity index (χ1) is 17.2. The third kappa shape index (κ3) is 4.88. The number of halogens is 1. The zero-order valence-corrected chi connectivity index (χ0v) is 20.5. The maximum atomic E-state index is 6.24. The summed E-state index contributed by atoms with van der Waals surface area (Å²) >= 11 is 6.24. The highest BCUT2D eigenvalue weighted by atomic mass is 35.5. The smallest absolute Gasteiger partial charge is 0.121 e. The summed E-state index contributed by atoms with van der Waals surface area (Å²) in [6.45, 7) is 1.66. The highest BCUT2D eigenvalue weighted by Gasteiger charge is 2.11. The van der Waals surface area contributed by atoms with E-state index in [1.807, 2.05) is 66.9 Å². The van der Waals surface area contributed by atoms with Crippen molar-refractivity contribution in [3.8, 4) is 11.5 Å². The van der Waals surface area contributed by atoms with E-state index in [1.54, 1.807) is 14.2 Å². The number of benzene rings is 3. The molecular weight excluding hydrogens is 460 g/mol. The van der Waals surface area contributed by atoms with Crippen LogP contribution < -0.4 is 20.1 Å². The summed E-state index contributed by atoms with van der Waals surface area (Å²) in [5, 5.41) is 11.0. The first-order valence-electron chi connectivity index (χ1n) is 11.6. The molecule has 0 aliphatic carbocycles. The predicted molar refractivity (Wildman–Crippen MR) is 145 cm³/mol. The van der Waals surface area contributed by atoms with Gasteiger partial charge in [-0.2, -0.15) is 0 Å². The Bertz CT molecular complexity index is 1510. The largest absolute Gasteiger partial charge is 0.497 e. The molecule has 2 heterocycles. The fourth-order valence-electron chi connectivity index (χ4n) is 4.32. The molecule has 178 valence electrons. The minimum atomic E-state index is 0.675. The van der Waals surface area contributed by atoms with Crippen LogP contribution in [0.15, 0.2) is 66.9 Å². The Morgan fingerprint density at radius 1 is 0.800 bits per heavy atom. The van der Waals surface area contributed by atoms with Gasteiger partial charge in [0.1, 0.15) is 11.5 Å². The third-order valence-corrected chi connectivity index (χ3v) is 6.31. The second-order valence-electron chi connectivity index (χ2n) is 8.34. The van der Waals surface area contributed by atoms with E-state index in [9.17, 15) is 0 Å². The van der Waals surface area contributed by atoms with Crippen LogP contribution in [0.25, 0.3) is 32.7 Å². The van der Waals surface area contributed by atoms with Crippen molar-refractivity contribution in [3.63, 3.8) is 0 Å². The van der Waals surface area contributed by atoms with Crippen LogP contribution in [0.4, 0.5) is 11.4 Å².